The predicted octanol–water partition coefficient (Wildman–Crippen LogP) is 4.41. The van der Waals surface area contributed by atoms with Crippen LogP contribution in [0.15, 0.2) is 36.0 Å². The lowest BCUT2D eigenvalue weighted by atomic mass is 10.0. The van der Waals surface area contributed by atoms with Crippen LogP contribution in [-0.2, 0) is 4.74 Å². The molecule has 1 heteroatoms. The number of hydrogen-bond donors (Lipinski definition) is 0. The first kappa shape index (κ1) is 13.2. The van der Waals surface area contributed by atoms with E-state index >= 15 is 0 Å². The molecule has 1 rings (SSSR count). The highest BCUT2D eigenvalue weighted by atomic mass is 16.6. The van der Waals surface area contributed by atoms with Crippen LogP contribution in [0.5, 0.6) is 0 Å². The van der Waals surface area contributed by atoms with Gasteiger partial charge in [-0.25, -0.2) is 0 Å². The molecule has 1 nitrogen and oxygen atoms in total. The van der Waals surface area contributed by atoms with Crippen molar-refractivity contribution in [2.75, 3.05) is 6.61 Å². The Morgan fingerprint density at radius 2 is 1.94 bits per heavy atom. The fourth-order valence-electron chi connectivity index (χ4n) is 1.71. The summed E-state index contributed by atoms with van der Waals surface area (Å²) in [6.45, 7) is 11.2. The van der Waals surface area contributed by atoms with E-state index in [1.165, 1.54) is 17.6 Å². The van der Waals surface area contributed by atoms with E-state index in [1.807, 2.05) is 6.08 Å². The molecular weight excluding hydrogens is 196 g/mol. The molecule has 1 aliphatic heterocycles. The molecule has 1 unspecified atom stereocenters. The molecule has 1 atom stereocenters. The Labute approximate surface area is 99.9 Å². The van der Waals surface area contributed by atoms with E-state index in [1.54, 1.807) is 0 Å². The van der Waals surface area contributed by atoms with E-state index in [0.717, 1.165) is 25.9 Å². The van der Waals surface area contributed by atoms with Crippen molar-refractivity contribution in [1.29, 1.82) is 0 Å². The van der Waals surface area contributed by atoms with Crippen molar-refractivity contribution in [2.24, 2.45) is 0 Å². The van der Waals surface area contributed by atoms with Crippen LogP contribution in [0, 0.1) is 0 Å². The molecule has 0 aromatic rings. The van der Waals surface area contributed by atoms with Gasteiger partial charge in [0.2, 0.25) is 0 Å². The highest BCUT2D eigenvalue weighted by Gasteiger charge is 2.40. The van der Waals surface area contributed by atoms with Gasteiger partial charge >= 0.3 is 0 Å². The molecule has 0 spiro atoms. The molecule has 1 fully saturated rings. The van der Waals surface area contributed by atoms with Crippen molar-refractivity contribution in [3.63, 3.8) is 0 Å². The summed E-state index contributed by atoms with van der Waals surface area (Å²) in [6.07, 6.45) is 11.1. The first-order valence-electron chi connectivity index (χ1n) is 6.14. The third kappa shape index (κ3) is 4.80. The van der Waals surface area contributed by atoms with Gasteiger partial charge in [-0.05, 0) is 46.5 Å². The first-order chi connectivity index (χ1) is 7.58. The smallest absolute Gasteiger partial charge is 0.110 e. The van der Waals surface area contributed by atoms with Crippen LogP contribution in [0.2, 0.25) is 0 Å². The highest BCUT2D eigenvalue weighted by Crippen LogP contribution is 2.33. The van der Waals surface area contributed by atoms with E-state index < -0.39 is 0 Å². The van der Waals surface area contributed by atoms with Gasteiger partial charge in [0.1, 0.15) is 5.60 Å². The molecule has 1 aliphatic rings. The Hall–Kier alpha value is -0.820. The molecular formula is C15H24O. The summed E-state index contributed by atoms with van der Waals surface area (Å²) in [5.41, 5.74) is 2.92. The minimum atomic E-state index is 0.0245. The molecule has 0 saturated carbocycles. The van der Waals surface area contributed by atoms with Crippen molar-refractivity contribution >= 4 is 0 Å². The number of ether oxygens (including phenoxy) is 1. The third-order valence-corrected chi connectivity index (χ3v) is 3.04. The molecule has 0 radical (unpaired) electrons. The molecule has 0 aliphatic carbocycles. The van der Waals surface area contributed by atoms with Crippen molar-refractivity contribution in [3.05, 3.63) is 36.0 Å². The molecule has 0 aromatic carbocycles. The summed E-state index contributed by atoms with van der Waals surface area (Å²) < 4.78 is 5.38. The average Bonchev–Trinajstić information content (AvgIpc) is 2.98. The number of allylic oxidation sites excluding steroid dienone is 4. The number of epoxide rings is 1. The van der Waals surface area contributed by atoms with E-state index in [4.69, 9.17) is 4.74 Å². The Balaban J connectivity index is 2.18. The van der Waals surface area contributed by atoms with Gasteiger partial charge in [-0.3, -0.25) is 0 Å². The largest absolute Gasteiger partial charge is 0.365 e. The zero-order chi connectivity index (χ0) is 12.0. The Kier molecular flexibility index (Phi) is 5.01. The normalized spacial score (nSPS) is 24.1. The Morgan fingerprint density at radius 1 is 1.25 bits per heavy atom. The minimum Gasteiger partial charge on any atom is -0.365 e. The molecule has 0 bridgehead atoms. The second-order valence-electron chi connectivity index (χ2n) is 4.97. The summed E-state index contributed by atoms with van der Waals surface area (Å²) in [6, 6.07) is 0. The van der Waals surface area contributed by atoms with Crippen molar-refractivity contribution in [1.82, 2.24) is 0 Å². The topological polar surface area (TPSA) is 12.5 Å². The van der Waals surface area contributed by atoms with Crippen LogP contribution < -0.4 is 0 Å². The van der Waals surface area contributed by atoms with Gasteiger partial charge in [0.05, 0.1) is 6.61 Å². The SMILES string of the molecule is C=CC1(CCC=C(C)CCC=C(C)C)CO1. The quantitative estimate of drug-likeness (QED) is 0.457. The first-order valence-corrected chi connectivity index (χ1v) is 6.14. The summed E-state index contributed by atoms with van der Waals surface area (Å²) in [4.78, 5) is 0. The van der Waals surface area contributed by atoms with Crippen LogP contribution in [0.3, 0.4) is 0 Å². The lowest BCUT2D eigenvalue weighted by Crippen LogP contribution is -2.04. The maximum absolute atomic E-state index is 5.38. The molecule has 16 heavy (non-hydrogen) atoms. The van der Waals surface area contributed by atoms with Crippen LogP contribution in [0.25, 0.3) is 0 Å². The lowest BCUT2D eigenvalue weighted by molar-refractivity contribution is 0.338. The van der Waals surface area contributed by atoms with Crippen molar-refractivity contribution in [2.45, 2.75) is 52.1 Å². The summed E-state index contributed by atoms with van der Waals surface area (Å²) in [7, 11) is 0. The van der Waals surface area contributed by atoms with Gasteiger partial charge in [-0.15, -0.1) is 6.58 Å². The van der Waals surface area contributed by atoms with Crippen LogP contribution in [-0.4, -0.2) is 12.2 Å². The van der Waals surface area contributed by atoms with Gasteiger partial charge in [-0.1, -0.05) is 29.4 Å². The van der Waals surface area contributed by atoms with Crippen LogP contribution in [0.4, 0.5) is 0 Å². The number of rotatable bonds is 7. The fraction of sp³-hybridized carbons (Fsp3) is 0.600. The molecule has 1 heterocycles. The van der Waals surface area contributed by atoms with Crippen molar-refractivity contribution in [3.8, 4) is 0 Å². The predicted molar refractivity (Wildman–Crippen MR) is 70.5 cm³/mol. The minimum absolute atomic E-state index is 0.0245. The fourth-order valence-corrected chi connectivity index (χ4v) is 1.71. The van der Waals surface area contributed by atoms with Gasteiger partial charge in [0, 0.05) is 0 Å². The molecule has 1 saturated heterocycles. The van der Waals surface area contributed by atoms with Gasteiger partial charge in [-0.2, -0.15) is 0 Å². The number of hydrogen-bond acceptors (Lipinski definition) is 1. The molecule has 0 aromatic heterocycles. The molecule has 90 valence electrons. The third-order valence-electron chi connectivity index (χ3n) is 3.04. The molecule has 0 N–H and O–H groups in total. The second-order valence-corrected chi connectivity index (χ2v) is 4.97. The monoisotopic (exact) mass is 220 g/mol. The molecule has 0 amide bonds. The maximum Gasteiger partial charge on any atom is 0.110 e. The summed E-state index contributed by atoms with van der Waals surface area (Å²) in [5, 5.41) is 0. The van der Waals surface area contributed by atoms with E-state index in [9.17, 15) is 0 Å². The second kappa shape index (κ2) is 6.05. The maximum atomic E-state index is 5.38. The highest BCUT2D eigenvalue weighted by molar-refractivity contribution is 5.09. The van der Waals surface area contributed by atoms with E-state index in [0.29, 0.717) is 0 Å². The van der Waals surface area contributed by atoms with Crippen LogP contribution in [0.1, 0.15) is 46.5 Å². The van der Waals surface area contributed by atoms with Gasteiger partial charge in [0.15, 0.2) is 0 Å². The van der Waals surface area contributed by atoms with Crippen molar-refractivity contribution < 1.29 is 4.74 Å². The zero-order valence-corrected chi connectivity index (χ0v) is 10.9. The van der Waals surface area contributed by atoms with E-state index in [-0.39, 0.29) is 5.60 Å². The summed E-state index contributed by atoms with van der Waals surface area (Å²) in [5.74, 6) is 0. The standard InChI is InChI=1S/C15H24O/c1-5-15(12-16-15)11-7-10-14(4)9-6-8-13(2)3/h5,8,10H,1,6-7,9,11-12H2,2-4H3. The average molecular weight is 220 g/mol. The Morgan fingerprint density at radius 3 is 2.44 bits per heavy atom. The van der Waals surface area contributed by atoms with Gasteiger partial charge < -0.3 is 4.74 Å². The van der Waals surface area contributed by atoms with E-state index in [2.05, 4.69) is 39.5 Å². The van der Waals surface area contributed by atoms with Crippen LogP contribution >= 0.6 is 0 Å². The zero-order valence-electron chi connectivity index (χ0n) is 10.9. The summed E-state index contributed by atoms with van der Waals surface area (Å²) >= 11 is 0. The van der Waals surface area contributed by atoms with Gasteiger partial charge in [0.25, 0.3) is 0 Å². The Bertz CT molecular complexity index is 289. The lowest BCUT2D eigenvalue weighted by Gasteiger charge is -2.04.